The molecule has 0 unspecified atom stereocenters. The minimum Gasteiger partial charge on any atom is -0.478 e. The topological polar surface area (TPSA) is 57.6 Å². The molecule has 6 heteroatoms. The average molecular weight is 347 g/mol. The standard InChI is InChI=1S/C19H19F2NO3/c1-22(12-14-5-8-15(9-6-14)19(24)25)18(23)4-2-3-13-7-10-16(20)17(21)11-13/h5-11H,2-4,12H2,1H3,(H,24,25). The van der Waals surface area contributed by atoms with Crippen molar-refractivity contribution in [3.63, 3.8) is 0 Å². The number of benzene rings is 2. The number of aryl methyl sites for hydroxylation is 1. The summed E-state index contributed by atoms with van der Waals surface area (Å²) in [6, 6.07) is 10.1. The van der Waals surface area contributed by atoms with E-state index >= 15 is 0 Å². The van der Waals surface area contributed by atoms with E-state index in [0.29, 0.717) is 31.4 Å². The number of amides is 1. The number of carbonyl (C=O) groups is 2. The summed E-state index contributed by atoms with van der Waals surface area (Å²) in [6.45, 7) is 0.379. The average Bonchev–Trinajstić information content (AvgIpc) is 2.58. The molecule has 0 aliphatic heterocycles. The van der Waals surface area contributed by atoms with Crippen LogP contribution in [0.15, 0.2) is 42.5 Å². The Balaban J connectivity index is 1.81. The number of halogens is 2. The van der Waals surface area contributed by atoms with E-state index in [1.807, 2.05) is 0 Å². The van der Waals surface area contributed by atoms with Crippen LogP contribution >= 0.6 is 0 Å². The zero-order chi connectivity index (χ0) is 18.4. The van der Waals surface area contributed by atoms with E-state index in [1.165, 1.54) is 18.2 Å². The van der Waals surface area contributed by atoms with Crippen LogP contribution in [0.2, 0.25) is 0 Å². The number of hydrogen-bond acceptors (Lipinski definition) is 2. The van der Waals surface area contributed by atoms with Crippen LogP contribution < -0.4 is 0 Å². The lowest BCUT2D eigenvalue weighted by atomic mass is 10.1. The molecule has 0 radical (unpaired) electrons. The fourth-order valence-electron chi connectivity index (χ4n) is 2.44. The summed E-state index contributed by atoms with van der Waals surface area (Å²) >= 11 is 0. The Morgan fingerprint density at radius 2 is 1.64 bits per heavy atom. The largest absolute Gasteiger partial charge is 0.478 e. The summed E-state index contributed by atoms with van der Waals surface area (Å²) in [5.74, 6) is -2.82. The lowest BCUT2D eigenvalue weighted by molar-refractivity contribution is -0.130. The number of carboxylic acid groups (broad SMARTS) is 1. The molecule has 25 heavy (non-hydrogen) atoms. The van der Waals surface area contributed by atoms with Gasteiger partial charge in [-0.25, -0.2) is 13.6 Å². The predicted octanol–water partition coefficient (Wildman–Crippen LogP) is 3.64. The fourth-order valence-corrected chi connectivity index (χ4v) is 2.44. The molecule has 132 valence electrons. The van der Waals surface area contributed by atoms with Crippen molar-refractivity contribution >= 4 is 11.9 Å². The molecule has 0 fully saturated rings. The lowest BCUT2D eigenvalue weighted by Gasteiger charge is -2.17. The summed E-state index contributed by atoms with van der Waals surface area (Å²) in [4.78, 5) is 24.5. The van der Waals surface area contributed by atoms with Gasteiger partial charge in [-0.2, -0.15) is 0 Å². The van der Waals surface area contributed by atoms with E-state index in [-0.39, 0.29) is 11.5 Å². The maximum Gasteiger partial charge on any atom is 0.335 e. The summed E-state index contributed by atoms with van der Waals surface area (Å²) in [5, 5.41) is 8.86. The molecule has 1 amide bonds. The Kier molecular flexibility index (Phi) is 6.22. The van der Waals surface area contributed by atoms with Gasteiger partial charge < -0.3 is 10.0 Å². The van der Waals surface area contributed by atoms with Gasteiger partial charge in [-0.15, -0.1) is 0 Å². The summed E-state index contributed by atoms with van der Waals surface area (Å²) < 4.78 is 26.0. The number of rotatable bonds is 7. The third-order valence-electron chi connectivity index (χ3n) is 3.89. The number of aromatic carboxylic acids is 1. The van der Waals surface area contributed by atoms with Gasteiger partial charge in [0.05, 0.1) is 5.56 Å². The quantitative estimate of drug-likeness (QED) is 0.832. The smallest absolute Gasteiger partial charge is 0.335 e. The van der Waals surface area contributed by atoms with Crippen molar-refractivity contribution in [3.05, 3.63) is 70.8 Å². The van der Waals surface area contributed by atoms with Gasteiger partial charge in [0.25, 0.3) is 0 Å². The van der Waals surface area contributed by atoms with Gasteiger partial charge in [0, 0.05) is 20.0 Å². The minimum absolute atomic E-state index is 0.0649. The van der Waals surface area contributed by atoms with Crippen molar-refractivity contribution < 1.29 is 23.5 Å². The molecule has 2 aromatic carbocycles. The van der Waals surface area contributed by atoms with Gasteiger partial charge in [0.15, 0.2) is 11.6 Å². The van der Waals surface area contributed by atoms with Crippen molar-refractivity contribution in [2.45, 2.75) is 25.8 Å². The Labute approximate surface area is 144 Å². The zero-order valence-electron chi connectivity index (χ0n) is 13.8. The zero-order valence-corrected chi connectivity index (χ0v) is 13.8. The first kappa shape index (κ1) is 18.6. The Bertz CT molecular complexity index is 760. The van der Waals surface area contributed by atoms with Crippen LogP contribution in [-0.4, -0.2) is 28.9 Å². The van der Waals surface area contributed by atoms with Gasteiger partial charge in [-0.1, -0.05) is 18.2 Å². The van der Waals surface area contributed by atoms with E-state index in [1.54, 1.807) is 24.1 Å². The van der Waals surface area contributed by atoms with Crippen molar-refractivity contribution in [1.82, 2.24) is 4.90 Å². The number of carboxylic acids is 1. The van der Waals surface area contributed by atoms with Crippen molar-refractivity contribution in [1.29, 1.82) is 0 Å². The molecule has 0 atom stereocenters. The first-order valence-corrected chi connectivity index (χ1v) is 7.87. The minimum atomic E-state index is -0.992. The van der Waals surface area contributed by atoms with Gasteiger partial charge >= 0.3 is 5.97 Å². The van der Waals surface area contributed by atoms with Crippen LogP contribution in [-0.2, 0) is 17.8 Å². The Morgan fingerprint density at radius 1 is 1.00 bits per heavy atom. The van der Waals surface area contributed by atoms with Gasteiger partial charge in [0.1, 0.15) is 0 Å². The normalized spacial score (nSPS) is 10.5. The van der Waals surface area contributed by atoms with Gasteiger partial charge in [0.2, 0.25) is 5.91 Å². The van der Waals surface area contributed by atoms with Crippen molar-refractivity contribution in [3.8, 4) is 0 Å². The molecule has 0 aliphatic rings. The number of carbonyl (C=O) groups excluding carboxylic acids is 1. The highest BCUT2D eigenvalue weighted by molar-refractivity contribution is 5.87. The van der Waals surface area contributed by atoms with Crippen LogP contribution in [0, 0.1) is 11.6 Å². The monoisotopic (exact) mass is 347 g/mol. The molecule has 0 aromatic heterocycles. The van der Waals surface area contributed by atoms with E-state index in [0.717, 1.165) is 17.7 Å². The van der Waals surface area contributed by atoms with Gasteiger partial charge in [-0.3, -0.25) is 4.79 Å². The molecule has 0 saturated carbocycles. The second-order valence-electron chi connectivity index (χ2n) is 5.85. The van der Waals surface area contributed by atoms with E-state index in [4.69, 9.17) is 5.11 Å². The highest BCUT2D eigenvalue weighted by atomic mass is 19.2. The molecular weight excluding hydrogens is 328 g/mol. The number of hydrogen-bond donors (Lipinski definition) is 1. The Morgan fingerprint density at radius 3 is 2.24 bits per heavy atom. The lowest BCUT2D eigenvalue weighted by Crippen LogP contribution is -2.26. The summed E-state index contributed by atoms with van der Waals surface area (Å²) in [5.41, 5.74) is 1.68. The predicted molar refractivity (Wildman–Crippen MR) is 89.2 cm³/mol. The van der Waals surface area contributed by atoms with E-state index < -0.39 is 17.6 Å². The summed E-state index contributed by atoms with van der Waals surface area (Å²) in [7, 11) is 1.67. The molecule has 0 heterocycles. The molecule has 0 spiro atoms. The molecule has 1 N–H and O–H groups in total. The highest BCUT2D eigenvalue weighted by Crippen LogP contribution is 2.13. The van der Waals surface area contributed by atoms with E-state index in [2.05, 4.69) is 0 Å². The second kappa shape index (κ2) is 8.37. The van der Waals surface area contributed by atoms with Gasteiger partial charge in [-0.05, 0) is 48.2 Å². The molecule has 0 saturated heterocycles. The molecule has 4 nitrogen and oxygen atoms in total. The van der Waals surface area contributed by atoms with Crippen LogP contribution in [0.3, 0.4) is 0 Å². The first-order valence-electron chi connectivity index (χ1n) is 7.87. The van der Waals surface area contributed by atoms with Crippen molar-refractivity contribution in [2.24, 2.45) is 0 Å². The van der Waals surface area contributed by atoms with Crippen LogP contribution in [0.5, 0.6) is 0 Å². The fraction of sp³-hybridized carbons (Fsp3) is 0.263. The molecule has 0 aliphatic carbocycles. The van der Waals surface area contributed by atoms with Crippen LogP contribution in [0.25, 0.3) is 0 Å². The molecular formula is C19H19F2NO3. The third kappa shape index (κ3) is 5.38. The summed E-state index contributed by atoms with van der Waals surface area (Å²) in [6.07, 6.45) is 1.32. The van der Waals surface area contributed by atoms with Crippen LogP contribution in [0.1, 0.15) is 34.3 Å². The molecule has 0 bridgehead atoms. The highest BCUT2D eigenvalue weighted by Gasteiger charge is 2.10. The number of nitrogens with zero attached hydrogens (tertiary/aromatic N) is 1. The molecule has 2 aromatic rings. The second-order valence-corrected chi connectivity index (χ2v) is 5.85. The maximum atomic E-state index is 13.1. The van der Waals surface area contributed by atoms with E-state index in [9.17, 15) is 18.4 Å². The SMILES string of the molecule is CN(Cc1ccc(C(=O)O)cc1)C(=O)CCCc1ccc(F)c(F)c1. The third-order valence-corrected chi connectivity index (χ3v) is 3.89. The maximum absolute atomic E-state index is 13.1. The molecule has 2 rings (SSSR count). The first-order chi connectivity index (χ1) is 11.9. The van der Waals surface area contributed by atoms with Crippen molar-refractivity contribution in [2.75, 3.05) is 7.05 Å². The van der Waals surface area contributed by atoms with Crippen LogP contribution in [0.4, 0.5) is 8.78 Å². The Hall–Kier alpha value is -2.76.